The summed E-state index contributed by atoms with van der Waals surface area (Å²) in [5.74, 6) is -0.962. The molecule has 1 aliphatic heterocycles. The predicted molar refractivity (Wildman–Crippen MR) is 111 cm³/mol. The monoisotopic (exact) mass is 409 g/mol. The highest BCUT2D eigenvalue weighted by Gasteiger charge is 2.27. The Morgan fingerprint density at radius 2 is 1.60 bits per heavy atom. The molecule has 8 heteroatoms. The topological polar surface area (TPSA) is 71.3 Å². The second-order valence-electron chi connectivity index (χ2n) is 7.64. The highest BCUT2D eigenvalue weighted by Crippen LogP contribution is 2.24. The highest BCUT2D eigenvalue weighted by molar-refractivity contribution is 6.06. The fraction of sp³-hybridized carbons (Fsp3) is 0.364. The van der Waals surface area contributed by atoms with Gasteiger partial charge in [0.1, 0.15) is 5.82 Å². The zero-order chi connectivity index (χ0) is 21.4. The number of hydrogen-bond donors (Lipinski definition) is 0. The Balaban J connectivity index is 1.57. The molecule has 1 saturated heterocycles. The van der Waals surface area contributed by atoms with E-state index >= 15 is 0 Å². The number of benzene rings is 1. The molecule has 0 radical (unpaired) electrons. The molecule has 0 aliphatic carbocycles. The standard InChI is InChI=1S/C22H24FN5O2/c1-14-13-17(19-15(2)25-26(3)20(19)24-14)22(30)28-10-6-9-27(11-12-28)21(29)16-7-4-5-8-18(16)23/h4-5,7-8,13H,6,9-12H2,1-3H3. The van der Waals surface area contributed by atoms with Crippen molar-refractivity contribution in [2.75, 3.05) is 26.2 Å². The summed E-state index contributed by atoms with van der Waals surface area (Å²) >= 11 is 0. The van der Waals surface area contributed by atoms with Crippen molar-refractivity contribution >= 4 is 22.8 Å². The second-order valence-corrected chi connectivity index (χ2v) is 7.64. The van der Waals surface area contributed by atoms with Crippen LogP contribution < -0.4 is 0 Å². The van der Waals surface area contributed by atoms with Crippen LogP contribution in [0.1, 0.15) is 38.5 Å². The molecule has 0 saturated carbocycles. The van der Waals surface area contributed by atoms with Crippen molar-refractivity contribution < 1.29 is 14.0 Å². The Hall–Kier alpha value is -3.29. The van der Waals surface area contributed by atoms with Gasteiger partial charge in [-0.25, -0.2) is 9.37 Å². The van der Waals surface area contributed by atoms with Gasteiger partial charge >= 0.3 is 0 Å². The zero-order valence-electron chi connectivity index (χ0n) is 17.4. The molecule has 30 heavy (non-hydrogen) atoms. The molecular weight excluding hydrogens is 385 g/mol. The number of nitrogens with zero attached hydrogens (tertiary/aromatic N) is 5. The molecule has 0 atom stereocenters. The summed E-state index contributed by atoms with van der Waals surface area (Å²) in [6, 6.07) is 7.79. The molecule has 1 fully saturated rings. The van der Waals surface area contributed by atoms with Crippen LogP contribution in [0.2, 0.25) is 0 Å². The number of hydrogen-bond acceptors (Lipinski definition) is 4. The molecule has 0 unspecified atom stereocenters. The van der Waals surface area contributed by atoms with Crippen LogP contribution in [-0.2, 0) is 7.05 Å². The lowest BCUT2D eigenvalue weighted by Gasteiger charge is -2.23. The molecule has 0 spiro atoms. The van der Waals surface area contributed by atoms with Crippen LogP contribution >= 0.6 is 0 Å². The maximum absolute atomic E-state index is 14.0. The maximum atomic E-state index is 14.0. The van der Waals surface area contributed by atoms with Crippen molar-refractivity contribution in [1.82, 2.24) is 24.6 Å². The summed E-state index contributed by atoms with van der Waals surface area (Å²) in [5, 5.41) is 5.17. The first-order valence-electron chi connectivity index (χ1n) is 10.0. The number of rotatable bonds is 2. The Kier molecular flexibility index (Phi) is 5.24. The van der Waals surface area contributed by atoms with Gasteiger partial charge in [0, 0.05) is 38.9 Å². The summed E-state index contributed by atoms with van der Waals surface area (Å²) in [6.45, 7) is 5.48. The minimum absolute atomic E-state index is 0.0646. The fourth-order valence-electron chi connectivity index (χ4n) is 4.04. The molecule has 156 valence electrons. The normalized spacial score (nSPS) is 14.8. The van der Waals surface area contributed by atoms with Crippen LogP contribution in [-0.4, -0.2) is 62.6 Å². The van der Waals surface area contributed by atoms with Gasteiger partial charge < -0.3 is 9.80 Å². The molecule has 7 nitrogen and oxygen atoms in total. The fourth-order valence-corrected chi connectivity index (χ4v) is 4.04. The summed E-state index contributed by atoms with van der Waals surface area (Å²) in [6.07, 6.45) is 0.630. The van der Waals surface area contributed by atoms with Gasteiger partial charge in [0.05, 0.1) is 22.2 Å². The van der Waals surface area contributed by atoms with Crippen LogP contribution in [0.4, 0.5) is 4.39 Å². The third-order valence-corrected chi connectivity index (χ3v) is 5.50. The van der Waals surface area contributed by atoms with E-state index in [0.717, 1.165) is 16.8 Å². The summed E-state index contributed by atoms with van der Waals surface area (Å²) < 4.78 is 15.7. The number of halogens is 1. The minimum atomic E-state index is -0.526. The van der Waals surface area contributed by atoms with Crippen molar-refractivity contribution in [2.24, 2.45) is 7.05 Å². The van der Waals surface area contributed by atoms with E-state index in [1.165, 1.54) is 12.1 Å². The van der Waals surface area contributed by atoms with Crippen molar-refractivity contribution in [3.8, 4) is 0 Å². The van der Waals surface area contributed by atoms with E-state index in [9.17, 15) is 14.0 Å². The van der Waals surface area contributed by atoms with Crippen molar-refractivity contribution in [3.63, 3.8) is 0 Å². The van der Waals surface area contributed by atoms with Crippen LogP contribution in [0.5, 0.6) is 0 Å². The third-order valence-electron chi connectivity index (χ3n) is 5.50. The second kappa shape index (κ2) is 7.85. The van der Waals surface area contributed by atoms with E-state index in [4.69, 9.17) is 0 Å². The number of aromatic nitrogens is 3. The smallest absolute Gasteiger partial charge is 0.256 e. The van der Waals surface area contributed by atoms with Crippen LogP contribution in [0.15, 0.2) is 30.3 Å². The van der Waals surface area contributed by atoms with Gasteiger partial charge in [0.15, 0.2) is 5.65 Å². The van der Waals surface area contributed by atoms with E-state index in [0.29, 0.717) is 43.8 Å². The summed E-state index contributed by atoms with van der Waals surface area (Å²) in [5.41, 5.74) is 2.84. The van der Waals surface area contributed by atoms with Crippen LogP contribution in [0.25, 0.3) is 11.0 Å². The van der Waals surface area contributed by atoms with Gasteiger partial charge in [-0.2, -0.15) is 5.10 Å². The first-order chi connectivity index (χ1) is 14.4. The molecule has 0 N–H and O–H groups in total. The first-order valence-corrected chi connectivity index (χ1v) is 10.0. The van der Waals surface area contributed by atoms with Gasteiger partial charge in [-0.15, -0.1) is 0 Å². The van der Waals surface area contributed by atoms with Crippen LogP contribution in [0, 0.1) is 19.7 Å². The molecule has 4 rings (SSSR count). The lowest BCUT2D eigenvalue weighted by Crippen LogP contribution is -2.37. The lowest BCUT2D eigenvalue weighted by atomic mass is 10.1. The molecule has 0 bridgehead atoms. The van der Waals surface area contributed by atoms with Crippen molar-refractivity contribution in [2.45, 2.75) is 20.3 Å². The van der Waals surface area contributed by atoms with Gasteiger partial charge in [-0.1, -0.05) is 12.1 Å². The summed E-state index contributed by atoms with van der Waals surface area (Å²) in [4.78, 5) is 34.0. The molecular formula is C22H24FN5O2. The Labute approximate surface area is 174 Å². The Bertz CT molecular complexity index is 1140. The Morgan fingerprint density at radius 1 is 0.967 bits per heavy atom. The van der Waals surface area contributed by atoms with E-state index < -0.39 is 5.82 Å². The number of aryl methyl sites for hydroxylation is 3. The predicted octanol–water partition coefficient (Wildman–Crippen LogP) is 2.71. The number of pyridine rings is 1. The molecule has 2 aromatic heterocycles. The quantitative estimate of drug-likeness (QED) is 0.653. The van der Waals surface area contributed by atoms with Gasteiger partial charge in [-0.3, -0.25) is 14.3 Å². The largest absolute Gasteiger partial charge is 0.337 e. The van der Waals surface area contributed by atoms with Gasteiger partial charge in [0.2, 0.25) is 0 Å². The molecule has 1 aliphatic rings. The molecule has 2 amide bonds. The molecule has 1 aromatic carbocycles. The van der Waals surface area contributed by atoms with Gasteiger partial charge in [-0.05, 0) is 38.5 Å². The average Bonchev–Trinajstić information content (AvgIpc) is 2.89. The van der Waals surface area contributed by atoms with Gasteiger partial charge in [0.25, 0.3) is 11.8 Å². The van der Waals surface area contributed by atoms with E-state index in [2.05, 4.69) is 10.1 Å². The Morgan fingerprint density at radius 3 is 2.27 bits per heavy atom. The minimum Gasteiger partial charge on any atom is -0.337 e. The van der Waals surface area contributed by atoms with Crippen molar-refractivity contribution in [1.29, 1.82) is 0 Å². The lowest BCUT2D eigenvalue weighted by molar-refractivity contribution is 0.0717. The van der Waals surface area contributed by atoms with E-state index in [1.807, 2.05) is 20.9 Å². The number of amides is 2. The number of carbonyl (C=O) groups is 2. The summed E-state index contributed by atoms with van der Waals surface area (Å²) in [7, 11) is 1.81. The first kappa shape index (κ1) is 20.0. The van der Waals surface area contributed by atoms with E-state index in [-0.39, 0.29) is 17.4 Å². The number of fused-ring (bicyclic) bond motifs is 1. The van der Waals surface area contributed by atoms with E-state index in [1.54, 1.807) is 32.7 Å². The molecule has 3 heterocycles. The number of carbonyl (C=O) groups excluding carboxylic acids is 2. The molecule has 3 aromatic rings. The average molecular weight is 409 g/mol. The highest BCUT2D eigenvalue weighted by atomic mass is 19.1. The SMILES string of the molecule is Cc1cc(C(=O)N2CCCN(C(=O)c3ccccc3F)CC2)c2c(C)nn(C)c2n1. The third kappa shape index (κ3) is 3.53. The van der Waals surface area contributed by atoms with Crippen LogP contribution in [0.3, 0.4) is 0 Å². The maximum Gasteiger partial charge on any atom is 0.256 e. The van der Waals surface area contributed by atoms with Crippen molar-refractivity contribution in [3.05, 3.63) is 58.7 Å². The zero-order valence-corrected chi connectivity index (χ0v) is 17.4.